The number of amides is 1. The highest BCUT2D eigenvalue weighted by Crippen LogP contribution is 2.36. The number of rotatable bonds is 2. The summed E-state index contributed by atoms with van der Waals surface area (Å²) in [4.78, 5) is 13.5. The molecule has 1 heterocycles. The van der Waals surface area contributed by atoms with Crippen molar-refractivity contribution in [3.05, 3.63) is 59.4 Å². The van der Waals surface area contributed by atoms with Gasteiger partial charge in [-0.3, -0.25) is 4.79 Å². The summed E-state index contributed by atoms with van der Waals surface area (Å²) in [6.45, 7) is 0. The van der Waals surface area contributed by atoms with Crippen LogP contribution in [0.1, 0.15) is 28.4 Å². The average molecular weight is 302 g/mol. The zero-order valence-corrected chi connectivity index (χ0v) is 12.1. The van der Waals surface area contributed by atoms with Crippen LogP contribution in [0.3, 0.4) is 0 Å². The molecule has 0 saturated heterocycles. The molecule has 0 aliphatic carbocycles. The Hall–Kier alpha value is -2.01. The summed E-state index contributed by atoms with van der Waals surface area (Å²) in [5, 5.41) is 3.00. The molecular weight excluding hydrogens is 287 g/mol. The van der Waals surface area contributed by atoms with E-state index >= 15 is 0 Å². The van der Waals surface area contributed by atoms with Crippen molar-refractivity contribution < 1.29 is 9.18 Å². The lowest BCUT2D eigenvalue weighted by Crippen LogP contribution is -2.31. The van der Waals surface area contributed by atoms with Crippen LogP contribution < -0.4 is 11.1 Å². The number of hydrogen-bond donors (Lipinski definition) is 2. The Morgan fingerprint density at radius 1 is 1.29 bits per heavy atom. The number of halogens is 1. The summed E-state index contributed by atoms with van der Waals surface area (Å²) < 4.78 is 13.1. The van der Waals surface area contributed by atoms with Gasteiger partial charge >= 0.3 is 0 Å². The van der Waals surface area contributed by atoms with Crippen molar-refractivity contribution in [2.75, 3.05) is 11.5 Å². The number of thioether (sulfide) groups is 1. The van der Waals surface area contributed by atoms with Crippen LogP contribution in [0.5, 0.6) is 0 Å². The average Bonchev–Trinajstić information content (AvgIpc) is 2.47. The van der Waals surface area contributed by atoms with Gasteiger partial charge in [-0.2, -0.15) is 0 Å². The first kappa shape index (κ1) is 13.9. The number of hydrogen-bond acceptors (Lipinski definition) is 3. The third kappa shape index (κ3) is 2.88. The Balaban J connectivity index is 1.83. The smallest absolute Gasteiger partial charge is 0.253 e. The van der Waals surface area contributed by atoms with E-state index < -0.39 is 5.82 Å². The Morgan fingerprint density at radius 2 is 2.10 bits per heavy atom. The number of nitrogens with one attached hydrogen (secondary N) is 1. The zero-order valence-electron chi connectivity index (χ0n) is 11.3. The molecule has 1 unspecified atom stereocenters. The first-order chi connectivity index (χ1) is 10.1. The van der Waals surface area contributed by atoms with Gasteiger partial charge < -0.3 is 11.1 Å². The normalized spacial score (nSPS) is 17.1. The fourth-order valence-electron chi connectivity index (χ4n) is 2.47. The van der Waals surface area contributed by atoms with E-state index in [1.165, 1.54) is 23.1 Å². The minimum atomic E-state index is -0.441. The van der Waals surface area contributed by atoms with Gasteiger partial charge in [0.05, 0.1) is 11.6 Å². The Kier molecular flexibility index (Phi) is 3.84. The number of carbonyl (C=O) groups is 1. The van der Waals surface area contributed by atoms with Gasteiger partial charge in [0.25, 0.3) is 5.91 Å². The standard InChI is InChI=1S/C16H15FN2OS/c17-10-5-6-11(13(18)9-10)16(20)19-14-7-8-21-15-4-2-1-3-12(14)15/h1-6,9,14H,7-8,18H2,(H,19,20). The van der Waals surface area contributed by atoms with E-state index in [4.69, 9.17) is 5.73 Å². The monoisotopic (exact) mass is 302 g/mol. The molecule has 3 nitrogen and oxygen atoms in total. The molecule has 108 valence electrons. The third-order valence-electron chi connectivity index (χ3n) is 3.52. The number of nitrogens with two attached hydrogens (primary N) is 1. The van der Waals surface area contributed by atoms with Gasteiger partial charge in [0.1, 0.15) is 5.82 Å². The van der Waals surface area contributed by atoms with E-state index in [-0.39, 0.29) is 17.6 Å². The van der Waals surface area contributed by atoms with E-state index in [9.17, 15) is 9.18 Å². The molecule has 2 aromatic rings. The van der Waals surface area contributed by atoms with Crippen molar-refractivity contribution in [2.45, 2.75) is 17.4 Å². The minimum absolute atomic E-state index is 0.0283. The lowest BCUT2D eigenvalue weighted by molar-refractivity contribution is 0.0936. The summed E-state index contributed by atoms with van der Waals surface area (Å²) in [7, 11) is 0. The molecule has 3 N–H and O–H groups in total. The molecule has 1 aliphatic heterocycles. The Labute approximate surface area is 126 Å². The molecule has 1 amide bonds. The van der Waals surface area contributed by atoms with Crippen LogP contribution in [0, 0.1) is 5.82 Å². The van der Waals surface area contributed by atoms with E-state index in [1.54, 1.807) is 11.8 Å². The predicted octanol–water partition coefficient (Wildman–Crippen LogP) is 3.37. The summed E-state index contributed by atoms with van der Waals surface area (Å²) >= 11 is 1.79. The van der Waals surface area contributed by atoms with E-state index in [0.717, 1.165) is 17.7 Å². The molecule has 5 heteroatoms. The van der Waals surface area contributed by atoms with Crippen molar-refractivity contribution >= 4 is 23.4 Å². The van der Waals surface area contributed by atoms with Gasteiger partial charge in [-0.1, -0.05) is 18.2 Å². The number of anilines is 1. The highest BCUT2D eigenvalue weighted by molar-refractivity contribution is 7.99. The second-order valence-corrected chi connectivity index (χ2v) is 6.07. The highest BCUT2D eigenvalue weighted by atomic mass is 32.2. The first-order valence-electron chi connectivity index (χ1n) is 6.73. The molecule has 0 radical (unpaired) electrons. The van der Waals surface area contributed by atoms with Crippen LogP contribution >= 0.6 is 11.8 Å². The van der Waals surface area contributed by atoms with Crippen LogP contribution in [-0.2, 0) is 0 Å². The summed E-state index contributed by atoms with van der Waals surface area (Å²) in [6.07, 6.45) is 0.870. The van der Waals surface area contributed by atoms with Crippen LogP contribution in [0.4, 0.5) is 10.1 Å². The van der Waals surface area contributed by atoms with E-state index in [2.05, 4.69) is 11.4 Å². The number of fused-ring (bicyclic) bond motifs is 1. The molecule has 0 spiro atoms. The highest BCUT2D eigenvalue weighted by Gasteiger charge is 2.23. The topological polar surface area (TPSA) is 55.1 Å². The Bertz CT molecular complexity index is 690. The number of nitrogen functional groups attached to an aromatic ring is 1. The van der Waals surface area contributed by atoms with E-state index in [1.807, 2.05) is 18.2 Å². The van der Waals surface area contributed by atoms with Gasteiger partial charge in [0, 0.05) is 16.3 Å². The summed E-state index contributed by atoms with van der Waals surface area (Å²) in [6, 6.07) is 11.9. The third-order valence-corrected chi connectivity index (χ3v) is 4.64. The fraction of sp³-hybridized carbons (Fsp3) is 0.188. The molecule has 3 rings (SSSR count). The molecule has 0 bridgehead atoms. The summed E-state index contributed by atoms with van der Waals surface area (Å²) in [5.74, 6) is 0.253. The second kappa shape index (κ2) is 5.77. The quantitative estimate of drug-likeness (QED) is 0.836. The molecule has 0 saturated carbocycles. The maximum atomic E-state index is 13.1. The number of carbonyl (C=O) groups excluding carboxylic acids is 1. The molecule has 1 aliphatic rings. The van der Waals surface area contributed by atoms with Gasteiger partial charge in [-0.15, -0.1) is 11.8 Å². The minimum Gasteiger partial charge on any atom is -0.398 e. The second-order valence-electron chi connectivity index (χ2n) is 4.93. The van der Waals surface area contributed by atoms with Crippen molar-refractivity contribution in [2.24, 2.45) is 0 Å². The SMILES string of the molecule is Nc1cc(F)ccc1C(=O)NC1CCSc2ccccc21. The molecule has 0 fully saturated rings. The maximum Gasteiger partial charge on any atom is 0.253 e. The van der Waals surface area contributed by atoms with Gasteiger partial charge in [-0.05, 0) is 36.2 Å². The van der Waals surface area contributed by atoms with E-state index in [0.29, 0.717) is 5.56 Å². The molecule has 0 aromatic heterocycles. The first-order valence-corrected chi connectivity index (χ1v) is 7.71. The van der Waals surface area contributed by atoms with Crippen LogP contribution in [0.15, 0.2) is 47.4 Å². The van der Waals surface area contributed by atoms with Crippen molar-refractivity contribution in [1.82, 2.24) is 5.32 Å². The van der Waals surface area contributed by atoms with Gasteiger partial charge in [0.15, 0.2) is 0 Å². The lowest BCUT2D eigenvalue weighted by atomic mass is 10.0. The largest absolute Gasteiger partial charge is 0.398 e. The fourth-order valence-corrected chi connectivity index (χ4v) is 3.59. The van der Waals surface area contributed by atoms with Crippen LogP contribution in [0.25, 0.3) is 0 Å². The lowest BCUT2D eigenvalue weighted by Gasteiger charge is -2.26. The van der Waals surface area contributed by atoms with Crippen molar-refractivity contribution in [3.8, 4) is 0 Å². The van der Waals surface area contributed by atoms with Crippen LogP contribution in [-0.4, -0.2) is 11.7 Å². The van der Waals surface area contributed by atoms with Crippen LogP contribution in [0.2, 0.25) is 0 Å². The summed E-state index contributed by atoms with van der Waals surface area (Å²) in [5.41, 5.74) is 7.32. The maximum absolute atomic E-state index is 13.1. The molecular formula is C16H15FN2OS. The molecule has 2 aromatic carbocycles. The molecule has 21 heavy (non-hydrogen) atoms. The van der Waals surface area contributed by atoms with Gasteiger partial charge in [-0.25, -0.2) is 4.39 Å². The van der Waals surface area contributed by atoms with Crippen molar-refractivity contribution in [1.29, 1.82) is 0 Å². The van der Waals surface area contributed by atoms with Gasteiger partial charge in [0.2, 0.25) is 0 Å². The predicted molar refractivity (Wildman–Crippen MR) is 82.8 cm³/mol. The molecule has 1 atom stereocenters. The zero-order chi connectivity index (χ0) is 14.8. The Morgan fingerprint density at radius 3 is 2.90 bits per heavy atom. The van der Waals surface area contributed by atoms with Crippen molar-refractivity contribution in [3.63, 3.8) is 0 Å². The number of benzene rings is 2.